The second kappa shape index (κ2) is 56.5. The van der Waals surface area contributed by atoms with Crippen LogP contribution in [0.2, 0.25) is 0 Å². The first-order chi connectivity index (χ1) is 45.8. The second-order valence-corrected chi connectivity index (χ2v) is 27.1. The van der Waals surface area contributed by atoms with E-state index in [0.717, 1.165) is 77.0 Å². The van der Waals surface area contributed by atoms with Gasteiger partial charge in [0.1, 0.15) is 73.2 Å². The summed E-state index contributed by atoms with van der Waals surface area (Å²) < 4.78 is 34.4. The molecule has 1 amide bonds. The molecule has 3 rings (SSSR count). The van der Waals surface area contributed by atoms with Gasteiger partial charge in [0.15, 0.2) is 18.9 Å². The molecule has 3 saturated heterocycles. The van der Waals surface area contributed by atoms with Gasteiger partial charge >= 0.3 is 0 Å². The SMILES string of the molecule is CC/C=C\C/C=C\C/C=C\C/C=C\CCCCCCC(=O)NC(COC1OC(CO)C(OC2OC(CO)C(OC3OC(CO)C(O)C(O)C3O)C(O)C2O)C(O)C1O)C(O)CCCCCCCCCCCCCCCCCCCCCCCCCCCCCCCCCC. The highest BCUT2D eigenvalue weighted by molar-refractivity contribution is 5.76. The van der Waals surface area contributed by atoms with E-state index in [-0.39, 0.29) is 18.9 Å². The Hall–Kier alpha value is -2.25. The van der Waals surface area contributed by atoms with Crippen LogP contribution in [0.3, 0.4) is 0 Å². The lowest BCUT2D eigenvalue weighted by Gasteiger charge is -2.48. The molecule has 0 spiro atoms. The van der Waals surface area contributed by atoms with E-state index in [0.29, 0.717) is 12.8 Å². The van der Waals surface area contributed by atoms with Crippen LogP contribution in [-0.2, 0) is 33.2 Å². The first-order valence-electron chi connectivity index (χ1n) is 37.9. The summed E-state index contributed by atoms with van der Waals surface area (Å²) in [7, 11) is 0. The van der Waals surface area contributed by atoms with Gasteiger partial charge < -0.3 is 89.9 Å². The number of carbonyl (C=O) groups excluding carboxylic acids is 1. The van der Waals surface area contributed by atoms with E-state index in [9.17, 15) is 61.0 Å². The van der Waals surface area contributed by atoms with Crippen molar-refractivity contribution in [2.45, 2.75) is 394 Å². The Morgan fingerprint density at radius 3 is 1.15 bits per heavy atom. The van der Waals surface area contributed by atoms with Crippen LogP contribution in [0.4, 0.5) is 0 Å². The molecular formula is C75H137NO18. The Labute approximate surface area is 567 Å². The van der Waals surface area contributed by atoms with Crippen molar-refractivity contribution in [1.82, 2.24) is 5.32 Å². The summed E-state index contributed by atoms with van der Waals surface area (Å²) in [5.74, 6) is -0.264. The van der Waals surface area contributed by atoms with Gasteiger partial charge in [0.25, 0.3) is 0 Å². The van der Waals surface area contributed by atoms with Crippen LogP contribution in [-0.4, -0.2) is 193 Å². The number of aliphatic hydroxyl groups is 11. The van der Waals surface area contributed by atoms with Crippen molar-refractivity contribution in [3.63, 3.8) is 0 Å². The molecule has 0 saturated carbocycles. The third-order valence-corrected chi connectivity index (χ3v) is 18.9. The summed E-state index contributed by atoms with van der Waals surface area (Å²) in [5.41, 5.74) is 0. The second-order valence-electron chi connectivity index (χ2n) is 27.1. The number of ether oxygens (including phenoxy) is 6. The summed E-state index contributed by atoms with van der Waals surface area (Å²) in [6, 6.07) is -0.903. The van der Waals surface area contributed by atoms with E-state index in [1.54, 1.807) is 0 Å². The largest absolute Gasteiger partial charge is 0.394 e. The molecular weight excluding hydrogens is 1200 g/mol. The number of hydrogen-bond donors (Lipinski definition) is 12. The number of hydrogen-bond acceptors (Lipinski definition) is 18. The monoisotopic (exact) mass is 1340 g/mol. The molecule has 3 aliphatic rings. The molecule has 12 N–H and O–H groups in total. The van der Waals surface area contributed by atoms with Gasteiger partial charge in [0, 0.05) is 6.42 Å². The van der Waals surface area contributed by atoms with E-state index >= 15 is 0 Å². The Kier molecular flexibility index (Phi) is 51.7. The van der Waals surface area contributed by atoms with Crippen LogP contribution in [0.15, 0.2) is 48.6 Å². The van der Waals surface area contributed by atoms with E-state index in [4.69, 9.17) is 28.4 Å². The number of carbonyl (C=O) groups is 1. The minimum Gasteiger partial charge on any atom is -0.394 e. The Morgan fingerprint density at radius 1 is 0.394 bits per heavy atom. The molecule has 0 aliphatic carbocycles. The van der Waals surface area contributed by atoms with Crippen LogP contribution in [0.25, 0.3) is 0 Å². The van der Waals surface area contributed by atoms with E-state index in [1.807, 2.05) is 0 Å². The first kappa shape index (κ1) is 86.0. The highest BCUT2D eigenvalue weighted by atomic mass is 16.8. The predicted molar refractivity (Wildman–Crippen MR) is 369 cm³/mol. The summed E-state index contributed by atoms with van der Waals surface area (Å²) in [6.45, 7) is 1.69. The number of allylic oxidation sites excluding steroid dienone is 8. The van der Waals surface area contributed by atoms with Gasteiger partial charge in [-0.3, -0.25) is 4.79 Å². The van der Waals surface area contributed by atoms with Crippen LogP contribution in [0, 0.1) is 0 Å². The zero-order valence-corrected chi connectivity index (χ0v) is 58.4. The number of rotatable bonds is 59. The molecule has 0 radical (unpaired) electrons. The predicted octanol–water partition coefficient (Wildman–Crippen LogP) is 11.3. The van der Waals surface area contributed by atoms with Gasteiger partial charge in [0.2, 0.25) is 5.91 Å². The summed E-state index contributed by atoms with van der Waals surface area (Å²) in [4.78, 5) is 13.4. The fourth-order valence-electron chi connectivity index (χ4n) is 12.8. The maximum Gasteiger partial charge on any atom is 0.220 e. The van der Waals surface area contributed by atoms with Crippen LogP contribution in [0.1, 0.15) is 290 Å². The van der Waals surface area contributed by atoms with Gasteiger partial charge in [-0.25, -0.2) is 0 Å². The average Bonchev–Trinajstić information content (AvgIpc) is 0.787. The molecule has 550 valence electrons. The summed E-state index contributed by atoms with van der Waals surface area (Å²) in [6.07, 6.45) is 42.1. The van der Waals surface area contributed by atoms with E-state index < -0.39 is 124 Å². The molecule has 19 heteroatoms. The van der Waals surface area contributed by atoms with Crippen molar-refractivity contribution in [2.24, 2.45) is 0 Å². The van der Waals surface area contributed by atoms with E-state index in [1.165, 1.54) is 180 Å². The lowest BCUT2D eigenvalue weighted by atomic mass is 9.96. The van der Waals surface area contributed by atoms with E-state index in [2.05, 4.69) is 67.8 Å². The van der Waals surface area contributed by atoms with Gasteiger partial charge in [-0.05, 0) is 51.4 Å². The zero-order valence-electron chi connectivity index (χ0n) is 58.4. The number of nitrogens with one attached hydrogen (secondary N) is 1. The van der Waals surface area contributed by atoms with Crippen molar-refractivity contribution in [2.75, 3.05) is 26.4 Å². The van der Waals surface area contributed by atoms with Crippen LogP contribution >= 0.6 is 0 Å². The summed E-state index contributed by atoms with van der Waals surface area (Å²) >= 11 is 0. The standard InChI is InChI=1S/C75H137NO18/c1-3-5-7-9-11-13-15-17-19-21-22-23-24-25-26-27-28-29-30-31-32-33-34-35-37-38-40-42-44-46-48-50-52-59(80)58(76-63(81)53-51-49-47-45-43-41-39-36-20-18-16-14-12-10-8-6-4-2)57-89-73-69(87)66(84)71(61(55-78)91-73)94-75-70(88)67(85)72(62(56-79)92-75)93-74-68(86)65(83)64(82)60(54-77)90-74/h6,8,12,14,18,20,39,41,58-62,64-75,77-80,82-88H,3-5,7,9-11,13,15-17,19,21-38,40,42-57H2,1-2H3,(H,76,81)/b8-6-,14-12-,20-18-,41-39-. The Bertz CT molecular complexity index is 1890. The summed E-state index contributed by atoms with van der Waals surface area (Å²) in [5, 5.41) is 121. The maximum atomic E-state index is 13.4. The quantitative estimate of drug-likeness (QED) is 0.0199. The molecule has 0 aromatic rings. The van der Waals surface area contributed by atoms with Crippen molar-refractivity contribution >= 4 is 5.91 Å². The third kappa shape index (κ3) is 37.3. The topological polar surface area (TPSA) is 307 Å². The van der Waals surface area contributed by atoms with Gasteiger partial charge in [-0.2, -0.15) is 0 Å². The molecule has 19 nitrogen and oxygen atoms in total. The highest BCUT2D eigenvalue weighted by Crippen LogP contribution is 2.33. The van der Waals surface area contributed by atoms with Gasteiger partial charge in [-0.1, -0.05) is 281 Å². The van der Waals surface area contributed by atoms with Gasteiger partial charge in [0.05, 0.1) is 38.6 Å². The lowest BCUT2D eigenvalue weighted by molar-refractivity contribution is -0.379. The number of unbranched alkanes of at least 4 members (excludes halogenated alkanes) is 35. The molecule has 17 unspecified atom stereocenters. The molecule has 3 heterocycles. The van der Waals surface area contributed by atoms with Gasteiger partial charge in [-0.15, -0.1) is 0 Å². The first-order valence-corrected chi connectivity index (χ1v) is 37.9. The van der Waals surface area contributed by atoms with Crippen molar-refractivity contribution in [1.29, 1.82) is 0 Å². The maximum absolute atomic E-state index is 13.4. The minimum atomic E-state index is -1.98. The Balaban J connectivity index is 1.37. The normalized spacial score (nSPS) is 27.6. The number of aliphatic hydroxyl groups excluding tert-OH is 11. The van der Waals surface area contributed by atoms with Crippen LogP contribution in [0.5, 0.6) is 0 Å². The third-order valence-electron chi connectivity index (χ3n) is 18.9. The molecule has 3 aliphatic heterocycles. The van der Waals surface area contributed by atoms with Crippen molar-refractivity contribution in [3.8, 4) is 0 Å². The van der Waals surface area contributed by atoms with Crippen LogP contribution < -0.4 is 5.32 Å². The number of amides is 1. The molecule has 0 aromatic carbocycles. The molecule has 3 fully saturated rings. The smallest absolute Gasteiger partial charge is 0.220 e. The fourth-order valence-corrected chi connectivity index (χ4v) is 12.8. The molecule has 94 heavy (non-hydrogen) atoms. The zero-order chi connectivity index (χ0) is 68.2. The highest BCUT2D eigenvalue weighted by Gasteiger charge is 2.53. The molecule has 0 aromatic heterocycles. The Morgan fingerprint density at radius 2 is 0.734 bits per heavy atom. The average molecular weight is 1340 g/mol. The lowest BCUT2D eigenvalue weighted by Crippen LogP contribution is -2.66. The minimum absolute atomic E-state index is 0.237. The van der Waals surface area contributed by atoms with Crippen molar-refractivity contribution < 1.29 is 89.4 Å². The molecule has 0 bridgehead atoms. The fraction of sp³-hybridized carbons (Fsp3) is 0.880. The van der Waals surface area contributed by atoms with Crippen molar-refractivity contribution in [3.05, 3.63) is 48.6 Å². The molecule has 17 atom stereocenters.